The minimum absolute atomic E-state index is 0.0379. The van der Waals surface area contributed by atoms with Crippen molar-refractivity contribution >= 4 is 5.91 Å². The molecule has 19 heavy (non-hydrogen) atoms. The summed E-state index contributed by atoms with van der Waals surface area (Å²) in [5.74, 6) is 0.731. The fraction of sp³-hybridized carbons (Fsp3) is 0.286. The first-order valence-electron chi connectivity index (χ1n) is 6.17. The molecule has 0 aliphatic rings. The molecule has 1 amide bonds. The minimum atomic E-state index is -0.0379. The van der Waals surface area contributed by atoms with Gasteiger partial charge in [-0.05, 0) is 12.5 Å². The van der Waals surface area contributed by atoms with Gasteiger partial charge in [-0.2, -0.15) is 0 Å². The van der Waals surface area contributed by atoms with E-state index in [1.807, 2.05) is 43.3 Å². The molecule has 1 aromatic heterocycles. The maximum Gasteiger partial charge on any atom is 0.234 e. The highest BCUT2D eigenvalue weighted by molar-refractivity contribution is 5.77. The highest BCUT2D eigenvalue weighted by Gasteiger charge is 2.03. The first kappa shape index (κ1) is 13.3. The number of carbonyl (C=O) groups excluding carboxylic acids is 1. The maximum absolute atomic E-state index is 11.6. The third kappa shape index (κ3) is 4.56. The number of hydrogen-bond donors (Lipinski definition) is 2. The monoisotopic (exact) mass is 259 g/mol. The van der Waals surface area contributed by atoms with Crippen molar-refractivity contribution in [1.29, 1.82) is 0 Å². The zero-order valence-electron chi connectivity index (χ0n) is 10.8. The molecule has 5 nitrogen and oxygen atoms in total. The van der Waals surface area contributed by atoms with Crippen LogP contribution < -0.4 is 10.6 Å². The van der Waals surface area contributed by atoms with Gasteiger partial charge in [-0.15, -0.1) is 0 Å². The summed E-state index contributed by atoms with van der Waals surface area (Å²) >= 11 is 0. The van der Waals surface area contributed by atoms with Crippen LogP contribution in [0.1, 0.15) is 17.0 Å². The summed E-state index contributed by atoms with van der Waals surface area (Å²) in [7, 11) is 0. The van der Waals surface area contributed by atoms with Gasteiger partial charge in [0.05, 0.1) is 12.2 Å². The highest BCUT2D eigenvalue weighted by Crippen LogP contribution is 2.00. The first-order valence-corrected chi connectivity index (χ1v) is 6.17. The summed E-state index contributed by atoms with van der Waals surface area (Å²) in [5.41, 5.74) is 1.89. The molecule has 0 saturated heterocycles. The Bertz CT molecular complexity index is 522. The smallest absolute Gasteiger partial charge is 0.234 e. The van der Waals surface area contributed by atoms with E-state index in [1.165, 1.54) is 0 Å². The lowest BCUT2D eigenvalue weighted by atomic mass is 10.2. The zero-order chi connectivity index (χ0) is 13.5. The quantitative estimate of drug-likeness (QED) is 0.822. The molecule has 0 unspecified atom stereocenters. The zero-order valence-corrected chi connectivity index (χ0v) is 10.8. The maximum atomic E-state index is 11.6. The van der Waals surface area contributed by atoms with Gasteiger partial charge in [0.15, 0.2) is 0 Å². The number of aromatic nitrogens is 1. The number of nitrogens with zero attached hydrogens (tertiary/aromatic N) is 1. The van der Waals surface area contributed by atoms with Crippen LogP contribution in [0.2, 0.25) is 0 Å². The number of benzene rings is 1. The van der Waals surface area contributed by atoms with E-state index in [-0.39, 0.29) is 12.5 Å². The number of hydrogen-bond acceptors (Lipinski definition) is 4. The molecule has 1 aromatic carbocycles. The van der Waals surface area contributed by atoms with E-state index in [4.69, 9.17) is 4.52 Å². The second kappa shape index (κ2) is 6.70. The number of rotatable bonds is 6. The molecule has 0 spiro atoms. The fourth-order valence-corrected chi connectivity index (χ4v) is 1.66. The lowest BCUT2D eigenvalue weighted by molar-refractivity contribution is -0.120. The van der Waals surface area contributed by atoms with E-state index in [2.05, 4.69) is 15.8 Å². The minimum Gasteiger partial charge on any atom is -0.361 e. The number of aryl methyl sites for hydroxylation is 1. The van der Waals surface area contributed by atoms with Gasteiger partial charge in [0, 0.05) is 19.2 Å². The average Bonchev–Trinajstić information content (AvgIpc) is 2.83. The molecule has 0 saturated carbocycles. The van der Waals surface area contributed by atoms with E-state index in [9.17, 15) is 4.79 Å². The molecule has 1 heterocycles. The van der Waals surface area contributed by atoms with Crippen LogP contribution in [0.15, 0.2) is 40.9 Å². The van der Waals surface area contributed by atoms with Gasteiger partial charge < -0.3 is 15.2 Å². The van der Waals surface area contributed by atoms with Gasteiger partial charge >= 0.3 is 0 Å². The summed E-state index contributed by atoms with van der Waals surface area (Å²) in [6.45, 7) is 3.17. The Morgan fingerprint density at radius 3 is 2.74 bits per heavy atom. The van der Waals surface area contributed by atoms with Crippen molar-refractivity contribution in [2.24, 2.45) is 0 Å². The summed E-state index contributed by atoms with van der Waals surface area (Å²) in [4.78, 5) is 11.6. The van der Waals surface area contributed by atoms with Crippen molar-refractivity contribution < 1.29 is 9.32 Å². The number of carbonyl (C=O) groups is 1. The SMILES string of the molecule is Cc1cc(CNCC(=O)NCc2ccccc2)no1. The summed E-state index contributed by atoms with van der Waals surface area (Å²) in [6, 6.07) is 11.7. The molecule has 0 fully saturated rings. The van der Waals surface area contributed by atoms with Crippen LogP contribution in [-0.4, -0.2) is 17.6 Å². The lowest BCUT2D eigenvalue weighted by Crippen LogP contribution is -2.33. The van der Waals surface area contributed by atoms with Gasteiger partial charge in [-0.1, -0.05) is 35.5 Å². The molecular formula is C14H17N3O2. The van der Waals surface area contributed by atoms with Crippen LogP contribution in [0.3, 0.4) is 0 Å². The van der Waals surface area contributed by atoms with Crippen molar-refractivity contribution in [3.63, 3.8) is 0 Å². The molecule has 5 heteroatoms. The average molecular weight is 259 g/mol. The third-order valence-electron chi connectivity index (χ3n) is 2.60. The Balaban J connectivity index is 1.65. The van der Waals surface area contributed by atoms with Crippen LogP contribution in [0.4, 0.5) is 0 Å². The summed E-state index contributed by atoms with van der Waals surface area (Å²) in [5, 5.41) is 9.70. The predicted molar refractivity (Wildman–Crippen MR) is 71.2 cm³/mol. The topological polar surface area (TPSA) is 67.2 Å². The Morgan fingerprint density at radius 1 is 1.26 bits per heavy atom. The van der Waals surface area contributed by atoms with Crippen molar-refractivity contribution in [2.45, 2.75) is 20.0 Å². The predicted octanol–water partition coefficient (Wildman–Crippen LogP) is 1.39. The van der Waals surface area contributed by atoms with Crippen molar-refractivity contribution in [3.8, 4) is 0 Å². The molecule has 0 atom stereocenters. The number of nitrogens with one attached hydrogen (secondary N) is 2. The van der Waals surface area contributed by atoms with Gasteiger partial charge in [0.2, 0.25) is 5.91 Å². The molecule has 2 N–H and O–H groups in total. The van der Waals surface area contributed by atoms with Gasteiger partial charge in [0.25, 0.3) is 0 Å². The summed E-state index contributed by atoms with van der Waals surface area (Å²) < 4.78 is 4.94. The van der Waals surface area contributed by atoms with Crippen LogP contribution in [0, 0.1) is 6.92 Å². The molecule has 0 radical (unpaired) electrons. The lowest BCUT2D eigenvalue weighted by Gasteiger charge is -2.05. The second-order valence-corrected chi connectivity index (χ2v) is 4.29. The fourth-order valence-electron chi connectivity index (χ4n) is 1.66. The van der Waals surface area contributed by atoms with Crippen molar-refractivity contribution in [3.05, 3.63) is 53.4 Å². The molecule has 0 bridgehead atoms. The summed E-state index contributed by atoms with van der Waals surface area (Å²) in [6.07, 6.45) is 0. The normalized spacial score (nSPS) is 10.4. The van der Waals surface area contributed by atoms with Gasteiger partial charge in [-0.3, -0.25) is 4.79 Å². The molecule has 2 aromatic rings. The molecule has 0 aliphatic carbocycles. The van der Waals surface area contributed by atoms with E-state index in [0.29, 0.717) is 13.1 Å². The van der Waals surface area contributed by atoms with Crippen LogP contribution in [0.25, 0.3) is 0 Å². The highest BCUT2D eigenvalue weighted by atomic mass is 16.5. The standard InChI is InChI=1S/C14H17N3O2/c1-11-7-13(17-19-11)9-15-10-14(18)16-8-12-5-3-2-4-6-12/h2-7,15H,8-10H2,1H3,(H,16,18). The van der Waals surface area contributed by atoms with Gasteiger partial charge in [0.1, 0.15) is 5.76 Å². The van der Waals surface area contributed by atoms with E-state index in [1.54, 1.807) is 0 Å². The molecule has 2 rings (SSSR count). The van der Waals surface area contributed by atoms with Crippen LogP contribution in [0.5, 0.6) is 0 Å². The van der Waals surface area contributed by atoms with Crippen molar-refractivity contribution in [1.82, 2.24) is 15.8 Å². The van der Waals surface area contributed by atoms with Crippen molar-refractivity contribution in [2.75, 3.05) is 6.54 Å². The van der Waals surface area contributed by atoms with Crippen LogP contribution in [-0.2, 0) is 17.9 Å². The Kier molecular flexibility index (Phi) is 4.69. The second-order valence-electron chi connectivity index (χ2n) is 4.29. The molecule has 0 aliphatic heterocycles. The molecular weight excluding hydrogens is 242 g/mol. The molecule has 100 valence electrons. The largest absolute Gasteiger partial charge is 0.361 e. The number of amides is 1. The Labute approximate surface area is 112 Å². The Morgan fingerprint density at radius 2 is 2.05 bits per heavy atom. The van der Waals surface area contributed by atoms with Crippen LogP contribution >= 0.6 is 0 Å². The third-order valence-corrected chi connectivity index (χ3v) is 2.60. The Hall–Kier alpha value is -2.14. The van der Waals surface area contributed by atoms with Gasteiger partial charge in [-0.25, -0.2) is 0 Å². The van der Waals surface area contributed by atoms with E-state index >= 15 is 0 Å². The van der Waals surface area contributed by atoms with E-state index in [0.717, 1.165) is 17.0 Å². The first-order chi connectivity index (χ1) is 9.24. The van der Waals surface area contributed by atoms with E-state index < -0.39 is 0 Å².